The normalized spacial score (nSPS) is 10.3. The molecule has 15 heavy (non-hydrogen) atoms. The monoisotopic (exact) mass is 203 g/mol. The van der Waals surface area contributed by atoms with E-state index >= 15 is 0 Å². The minimum atomic E-state index is -0.268. The van der Waals surface area contributed by atoms with Gasteiger partial charge in [-0.05, 0) is 30.7 Å². The largest absolute Gasteiger partial charge is 0.382 e. The topological polar surface area (TPSA) is 51.8 Å². The molecule has 0 radical (unpaired) electrons. The zero-order valence-electron chi connectivity index (χ0n) is 8.24. The minimum absolute atomic E-state index is 0.268. The Morgan fingerprint density at radius 1 is 1.13 bits per heavy atom. The number of benzene rings is 1. The number of aromatic nitrogens is 2. The van der Waals surface area contributed by atoms with Gasteiger partial charge in [0.25, 0.3) is 0 Å². The van der Waals surface area contributed by atoms with Gasteiger partial charge in [-0.25, -0.2) is 4.39 Å². The molecule has 0 aliphatic carbocycles. The van der Waals surface area contributed by atoms with Crippen molar-refractivity contribution < 1.29 is 4.39 Å². The third-order valence-electron chi connectivity index (χ3n) is 2.10. The maximum Gasteiger partial charge on any atom is 0.153 e. The second-order valence-electron chi connectivity index (χ2n) is 3.29. The maximum atomic E-state index is 12.7. The second kappa shape index (κ2) is 3.65. The number of hydrogen-bond acceptors (Lipinski definition) is 3. The molecule has 0 bridgehead atoms. The molecule has 2 aromatic rings. The summed E-state index contributed by atoms with van der Waals surface area (Å²) in [6.07, 6.45) is 0. The van der Waals surface area contributed by atoms with Gasteiger partial charge in [0.2, 0.25) is 0 Å². The highest BCUT2D eigenvalue weighted by molar-refractivity contribution is 5.73. The van der Waals surface area contributed by atoms with Crippen LogP contribution in [0.4, 0.5) is 10.2 Å². The van der Waals surface area contributed by atoms with Gasteiger partial charge in [0.05, 0.1) is 5.69 Å². The summed E-state index contributed by atoms with van der Waals surface area (Å²) < 4.78 is 12.7. The molecule has 0 atom stereocenters. The van der Waals surface area contributed by atoms with E-state index < -0.39 is 0 Å². The Bertz CT molecular complexity index is 480. The highest BCUT2D eigenvalue weighted by Gasteiger charge is 2.04. The molecule has 0 fully saturated rings. The van der Waals surface area contributed by atoms with Gasteiger partial charge in [-0.2, -0.15) is 5.10 Å². The first-order valence-corrected chi connectivity index (χ1v) is 4.52. The molecule has 0 saturated heterocycles. The van der Waals surface area contributed by atoms with Crippen molar-refractivity contribution in [3.05, 3.63) is 41.8 Å². The first-order chi connectivity index (χ1) is 7.16. The minimum Gasteiger partial charge on any atom is -0.382 e. The van der Waals surface area contributed by atoms with Crippen LogP contribution in [0, 0.1) is 12.7 Å². The average molecular weight is 203 g/mol. The summed E-state index contributed by atoms with van der Waals surface area (Å²) in [6, 6.07) is 7.95. The van der Waals surface area contributed by atoms with Crippen molar-refractivity contribution in [3.8, 4) is 11.1 Å². The Morgan fingerprint density at radius 2 is 1.80 bits per heavy atom. The Labute approximate surface area is 86.8 Å². The highest BCUT2D eigenvalue weighted by atomic mass is 19.1. The van der Waals surface area contributed by atoms with E-state index in [-0.39, 0.29) is 5.82 Å². The predicted octanol–water partition coefficient (Wildman–Crippen LogP) is 2.17. The quantitative estimate of drug-likeness (QED) is 0.772. The van der Waals surface area contributed by atoms with Crippen molar-refractivity contribution >= 4 is 5.82 Å². The molecular weight excluding hydrogens is 193 g/mol. The van der Waals surface area contributed by atoms with Crippen LogP contribution in [0.15, 0.2) is 30.3 Å². The van der Waals surface area contributed by atoms with Crippen LogP contribution in [-0.2, 0) is 0 Å². The fourth-order valence-electron chi connectivity index (χ4n) is 1.36. The third kappa shape index (κ3) is 1.93. The Balaban J connectivity index is 2.53. The lowest BCUT2D eigenvalue weighted by atomic mass is 10.1. The van der Waals surface area contributed by atoms with Gasteiger partial charge in [0.15, 0.2) is 5.82 Å². The molecule has 0 unspecified atom stereocenters. The van der Waals surface area contributed by atoms with Gasteiger partial charge in [0, 0.05) is 5.56 Å². The zero-order chi connectivity index (χ0) is 10.8. The molecule has 0 amide bonds. The summed E-state index contributed by atoms with van der Waals surface area (Å²) in [4.78, 5) is 0. The molecule has 0 spiro atoms. The Hall–Kier alpha value is -1.97. The van der Waals surface area contributed by atoms with E-state index in [4.69, 9.17) is 5.73 Å². The summed E-state index contributed by atoms with van der Waals surface area (Å²) in [5.41, 5.74) is 8.09. The smallest absolute Gasteiger partial charge is 0.153 e. The van der Waals surface area contributed by atoms with Crippen molar-refractivity contribution in [2.24, 2.45) is 0 Å². The summed E-state index contributed by atoms with van der Waals surface area (Å²) >= 11 is 0. The number of nitrogens with two attached hydrogens (primary N) is 1. The van der Waals surface area contributed by atoms with E-state index in [1.807, 2.05) is 13.0 Å². The summed E-state index contributed by atoms with van der Waals surface area (Å²) in [6.45, 7) is 1.83. The average Bonchev–Trinajstić information content (AvgIpc) is 2.23. The molecule has 1 aromatic heterocycles. The van der Waals surface area contributed by atoms with E-state index in [1.54, 1.807) is 12.1 Å². The van der Waals surface area contributed by atoms with E-state index in [1.165, 1.54) is 12.1 Å². The van der Waals surface area contributed by atoms with Crippen LogP contribution in [-0.4, -0.2) is 10.2 Å². The second-order valence-corrected chi connectivity index (χ2v) is 3.29. The number of nitrogens with zero attached hydrogens (tertiary/aromatic N) is 2. The number of aryl methyl sites for hydroxylation is 1. The van der Waals surface area contributed by atoms with Gasteiger partial charge in [-0.3, -0.25) is 0 Å². The number of rotatable bonds is 1. The molecule has 2 rings (SSSR count). The number of halogens is 1. The Kier molecular flexibility index (Phi) is 2.33. The summed E-state index contributed by atoms with van der Waals surface area (Å²) in [5, 5.41) is 7.64. The van der Waals surface area contributed by atoms with Gasteiger partial charge < -0.3 is 5.73 Å². The lowest BCUT2D eigenvalue weighted by Crippen LogP contribution is -1.98. The van der Waals surface area contributed by atoms with E-state index in [0.29, 0.717) is 5.82 Å². The van der Waals surface area contributed by atoms with Gasteiger partial charge >= 0.3 is 0 Å². The summed E-state index contributed by atoms with van der Waals surface area (Å²) in [5.74, 6) is 0.0864. The molecule has 1 heterocycles. The van der Waals surface area contributed by atoms with Crippen molar-refractivity contribution in [1.82, 2.24) is 10.2 Å². The van der Waals surface area contributed by atoms with Crippen LogP contribution < -0.4 is 5.73 Å². The van der Waals surface area contributed by atoms with Crippen molar-refractivity contribution in [1.29, 1.82) is 0 Å². The van der Waals surface area contributed by atoms with Gasteiger partial charge in [0.1, 0.15) is 5.82 Å². The SMILES string of the molecule is Cc1cc(-c2ccc(F)cc2)c(N)nn1. The zero-order valence-corrected chi connectivity index (χ0v) is 8.24. The molecule has 4 heteroatoms. The predicted molar refractivity (Wildman–Crippen MR) is 56.6 cm³/mol. The molecule has 1 aromatic carbocycles. The highest BCUT2D eigenvalue weighted by Crippen LogP contribution is 2.24. The van der Waals surface area contributed by atoms with Crippen molar-refractivity contribution in [2.75, 3.05) is 5.73 Å². The van der Waals surface area contributed by atoms with Crippen molar-refractivity contribution in [2.45, 2.75) is 6.92 Å². The first-order valence-electron chi connectivity index (χ1n) is 4.52. The van der Waals surface area contributed by atoms with Gasteiger partial charge in [-0.1, -0.05) is 12.1 Å². The maximum absolute atomic E-state index is 12.7. The molecular formula is C11H10FN3. The van der Waals surface area contributed by atoms with Crippen LogP contribution in [0.3, 0.4) is 0 Å². The number of nitrogen functional groups attached to an aromatic ring is 1. The fraction of sp³-hybridized carbons (Fsp3) is 0.0909. The molecule has 3 nitrogen and oxygen atoms in total. The molecule has 0 aliphatic rings. The van der Waals surface area contributed by atoms with E-state index in [2.05, 4.69) is 10.2 Å². The number of hydrogen-bond donors (Lipinski definition) is 1. The molecule has 0 aliphatic heterocycles. The van der Waals surface area contributed by atoms with E-state index in [0.717, 1.165) is 16.8 Å². The third-order valence-corrected chi connectivity index (χ3v) is 2.10. The number of anilines is 1. The van der Waals surface area contributed by atoms with Gasteiger partial charge in [-0.15, -0.1) is 5.10 Å². The van der Waals surface area contributed by atoms with Crippen LogP contribution in [0.5, 0.6) is 0 Å². The lowest BCUT2D eigenvalue weighted by molar-refractivity contribution is 0.628. The van der Waals surface area contributed by atoms with Crippen molar-refractivity contribution in [3.63, 3.8) is 0 Å². The van der Waals surface area contributed by atoms with Crippen LogP contribution in [0.2, 0.25) is 0 Å². The van der Waals surface area contributed by atoms with Crippen LogP contribution in [0.1, 0.15) is 5.69 Å². The molecule has 0 saturated carbocycles. The standard InChI is InChI=1S/C11H10FN3/c1-7-6-10(11(13)15-14-7)8-2-4-9(12)5-3-8/h2-6H,1H3,(H2,13,15). The molecule has 2 N–H and O–H groups in total. The van der Waals surface area contributed by atoms with E-state index in [9.17, 15) is 4.39 Å². The fourth-order valence-corrected chi connectivity index (χ4v) is 1.36. The van der Waals surface area contributed by atoms with Crippen LogP contribution >= 0.6 is 0 Å². The first kappa shape index (κ1) is 9.58. The summed E-state index contributed by atoms with van der Waals surface area (Å²) in [7, 11) is 0. The molecule has 76 valence electrons. The Morgan fingerprint density at radius 3 is 2.47 bits per heavy atom. The van der Waals surface area contributed by atoms with Crippen LogP contribution in [0.25, 0.3) is 11.1 Å². The lowest BCUT2D eigenvalue weighted by Gasteiger charge is -2.04.